The highest BCUT2D eigenvalue weighted by molar-refractivity contribution is 8.13. The summed E-state index contributed by atoms with van der Waals surface area (Å²) in [4.78, 5) is 14.2. The topological polar surface area (TPSA) is 54.5 Å². The minimum atomic E-state index is -4.03. The molecule has 0 N–H and O–H groups in total. The Balaban J connectivity index is 2.45. The third-order valence-electron chi connectivity index (χ3n) is 3.85. The average molecular weight is 350 g/mol. The number of nitrogens with zero attached hydrogens (tertiary/aromatic N) is 1. The zero-order valence-electron chi connectivity index (χ0n) is 11.8. The van der Waals surface area contributed by atoms with E-state index in [1.54, 1.807) is 4.90 Å². The molecule has 1 amide bonds. The van der Waals surface area contributed by atoms with E-state index in [9.17, 15) is 13.2 Å². The average Bonchev–Trinajstić information content (AvgIpc) is 2.36. The molecule has 1 aliphatic heterocycles. The molecule has 1 aliphatic rings. The number of hydrogen-bond acceptors (Lipinski definition) is 3. The minimum absolute atomic E-state index is 0.0319. The molecule has 7 heteroatoms. The smallest absolute Gasteiger partial charge is 0.262 e. The fourth-order valence-electron chi connectivity index (χ4n) is 2.77. The van der Waals surface area contributed by atoms with E-state index >= 15 is 0 Å². The van der Waals surface area contributed by atoms with Gasteiger partial charge in [-0.15, -0.1) is 0 Å². The van der Waals surface area contributed by atoms with Crippen LogP contribution in [0.2, 0.25) is 5.02 Å². The Morgan fingerprint density at radius 1 is 1.33 bits per heavy atom. The standard InChI is InChI=1S/C14H17Cl2NO3S/c1-9-6-7-17(10(2)8-9)14(18)13-11(15)4-3-5-12(13)21(16,19)20/h3-5,9-10H,6-8H2,1-2H3. The van der Waals surface area contributed by atoms with Crippen LogP contribution in [0.1, 0.15) is 37.0 Å². The highest BCUT2D eigenvalue weighted by Gasteiger charge is 2.32. The number of amides is 1. The van der Waals surface area contributed by atoms with E-state index < -0.39 is 9.05 Å². The number of rotatable bonds is 2. The summed E-state index contributed by atoms with van der Waals surface area (Å²) < 4.78 is 23.3. The molecule has 0 spiro atoms. The van der Waals surface area contributed by atoms with Gasteiger partial charge in [0.15, 0.2) is 0 Å². The fraction of sp³-hybridized carbons (Fsp3) is 0.500. The van der Waals surface area contributed by atoms with Crippen LogP contribution in [0, 0.1) is 5.92 Å². The largest absolute Gasteiger partial charge is 0.336 e. The Bertz CT molecular complexity index is 660. The summed E-state index contributed by atoms with van der Waals surface area (Å²) in [6.45, 7) is 4.69. The van der Waals surface area contributed by atoms with E-state index in [1.807, 2.05) is 6.92 Å². The molecule has 0 saturated carbocycles. The summed E-state index contributed by atoms with van der Waals surface area (Å²) in [5, 5.41) is 0.104. The van der Waals surface area contributed by atoms with E-state index in [4.69, 9.17) is 22.3 Å². The highest BCUT2D eigenvalue weighted by Crippen LogP contribution is 2.31. The number of halogens is 2. The third kappa shape index (κ3) is 3.52. The van der Waals surface area contributed by atoms with Crippen LogP contribution in [0.3, 0.4) is 0 Å². The Kier molecular flexibility index (Phi) is 4.85. The maximum absolute atomic E-state index is 12.7. The molecular formula is C14H17Cl2NO3S. The Labute approximate surface area is 134 Å². The van der Waals surface area contributed by atoms with Crippen LogP contribution in [0.4, 0.5) is 0 Å². The fourth-order valence-corrected chi connectivity index (χ4v) is 4.15. The number of benzene rings is 1. The predicted molar refractivity (Wildman–Crippen MR) is 83.4 cm³/mol. The van der Waals surface area contributed by atoms with Crippen LogP contribution in [-0.2, 0) is 9.05 Å². The Hall–Kier alpha value is -0.780. The second-order valence-electron chi connectivity index (χ2n) is 5.53. The van der Waals surface area contributed by atoms with Crippen molar-refractivity contribution in [3.63, 3.8) is 0 Å². The lowest BCUT2D eigenvalue weighted by Crippen LogP contribution is -2.44. The molecule has 0 radical (unpaired) electrons. The normalized spacial score (nSPS) is 23.1. The van der Waals surface area contributed by atoms with E-state index in [0.29, 0.717) is 12.5 Å². The van der Waals surface area contributed by atoms with Gasteiger partial charge in [-0.2, -0.15) is 0 Å². The number of hydrogen-bond donors (Lipinski definition) is 0. The van der Waals surface area contributed by atoms with Crippen LogP contribution in [-0.4, -0.2) is 31.8 Å². The molecule has 4 nitrogen and oxygen atoms in total. The maximum atomic E-state index is 12.7. The quantitative estimate of drug-likeness (QED) is 0.767. The van der Waals surface area contributed by atoms with Crippen LogP contribution in [0.15, 0.2) is 23.1 Å². The first-order valence-corrected chi connectivity index (χ1v) is 9.44. The molecule has 116 valence electrons. The molecule has 2 atom stereocenters. The van der Waals surface area contributed by atoms with Crippen LogP contribution in [0.5, 0.6) is 0 Å². The van der Waals surface area contributed by atoms with Gasteiger partial charge in [-0.05, 0) is 37.8 Å². The van der Waals surface area contributed by atoms with Crippen molar-refractivity contribution in [3.8, 4) is 0 Å². The van der Waals surface area contributed by atoms with Gasteiger partial charge in [-0.1, -0.05) is 24.6 Å². The van der Waals surface area contributed by atoms with Crippen LogP contribution in [0.25, 0.3) is 0 Å². The Morgan fingerprint density at radius 2 is 2.00 bits per heavy atom. The third-order valence-corrected chi connectivity index (χ3v) is 5.53. The molecule has 2 rings (SSSR count). The molecule has 0 aromatic heterocycles. The first kappa shape index (κ1) is 16.6. The van der Waals surface area contributed by atoms with Crippen molar-refractivity contribution in [2.75, 3.05) is 6.54 Å². The van der Waals surface area contributed by atoms with E-state index in [2.05, 4.69) is 6.92 Å². The van der Waals surface area contributed by atoms with Crippen molar-refractivity contribution in [1.82, 2.24) is 4.90 Å². The van der Waals surface area contributed by atoms with Gasteiger partial charge < -0.3 is 4.90 Å². The molecule has 1 fully saturated rings. The van der Waals surface area contributed by atoms with E-state index in [-0.39, 0.29) is 27.4 Å². The summed E-state index contributed by atoms with van der Waals surface area (Å²) in [7, 11) is 1.39. The van der Waals surface area contributed by atoms with Crippen LogP contribution >= 0.6 is 22.3 Å². The lowest BCUT2D eigenvalue weighted by atomic mass is 9.93. The summed E-state index contributed by atoms with van der Waals surface area (Å²) in [5.41, 5.74) is -0.0319. The van der Waals surface area contributed by atoms with Crippen molar-refractivity contribution >= 4 is 37.2 Å². The summed E-state index contributed by atoms with van der Waals surface area (Å²) >= 11 is 6.06. The van der Waals surface area contributed by atoms with Gasteiger partial charge in [0.05, 0.1) is 15.5 Å². The monoisotopic (exact) mass is 349 g/mol. The van der Waals surface area contributed by atoms with Gasteiger partial charge in [0.1, 0.15) is 0 Å². The number of carbonyl (C=O) groups is 1. The second-order valence-corrected chi connectivity index (χ2v) is 8.47. The summed E-state index contributed by atoms with van der Waals surface area (Å²) in [5.74, 6) is 0.172. The molecule has 2 unspecified atom stereocenters. The lowest BCUT2D eigenvalue weighted by Gasteiger charge is -2.37. The van der Waals surface area contributed by atoms with Gasteiger partial charge in [-0.25, -0.2) is 8.42 Å². The Morgan fingerprint density at radius 3 is 2.57 bits per heavy atom. The molecule has 1 aromatic carbocycles. The number of carbonyl (C=O) groups excluding carboxylic acids is 1. The molecule has 1 aromatic rings. The maximum Gasteiger partial charge on any atom is 0.262 e. The van der Waals surface area contributed by atoms with Crippen molar-refractivity contribution in [3.05, 3.63) is 28.8 Å². The molecule has 1 heterocycles. The summed E-state index contributed by atoms with van der Waals surface area (Å²) in [6.07, 6.45) is 1.78. The zero-order valence-corrected chi connectivity index (χ0v) is 14.2. The molecule has 0 bridgehead atoms. The van der Waals surface area contributed by atoms with Gasteiger partial charge in [-0.3, -0.25) is 4.79 Å². The predicted octanol–water partition coefficient (Wildman–Crippen LogP) is 3.53. The second kappa shape index (κ2) is 6.15. The lowest BCUT2D eigenvalue weighted by molar-refractivity contribution is 0.0585. The number of likely N-dealkylation sites (tertiary alicyclic amines) is 1. The van der Waals surface area contributed by atoms with Crippen molar-refractivity contribution in [1.29, 1.82) is 0 Å². The van der Waals surface area contributed by atoms with E-state index in [0.717, 1.165) is 12.8 Å². The van der Waals surface area contributed by atoms with E-state index in [1.165, 1.54) is 18.2 Å². The number of piperidine rings is 1. The minimum Gasteiger partial charge on any atom is -0.336 e. The van der Waals surface area contributed by atoms with Gasteiger partial charge >= 0.3 is 0 Å². The van der Waals surface area contributed by atoms with Crippen molar-refractivity contribution in [2.24, 2.45) is 5.92 Å². The van der Waals surface area contributed by atoms with Gasteiger partial charge in [0, 0.05) is 23.3 Å². The first-order valence-electron chi connectivity index (χ1n) is 6.76. The molecular weight excluding hydrogens is 333 g/mol. The SMILES string of the molecule is CC1CCN(C(=O)c2c(Cl)cccc2S(=O)(=O)Cl)C(C)C1. The van der Waals surface area contributed by atoms with Gasteiger partial charge in [0.25, 0.3) is 15.0 Å². The van der Waals surface area contributed by atoms with Gasteiger partial charge in [0.2, 0.25) is 0 Å². The highest BCUT2D eigenvalue weighted by atomic mass is 35.7. The summed E-state index contributed by atoms with van der Waals surface area (Å²) in [6, 6.07) is 4.32. The zero-order chi connectivity index (χ0) is 15.8. The molecule has 1 saturated heterocycles. The van der Waals surface area contributed by atoms with Crippen molar-refractivity contribution in [2.45, 2.75) is 37.6 Å². The first-order chi connectivity index (χ1) is 9.71. The molecule has 21 heavy (non-hydrogen) atoms. The van der Waals surface area contributed by atoms with Crippen molar-refractivity contribution < 1.29 is 13.2 Å². The van der Waals surface area contributed by atoms with Crippen LogP contribution < -0.4 is 0 Å². The molecule has 0 aliphatic carbocycles.